The van der Waals surface area contributed by atoms with Crippen molar-refractivity contribution in [2.75, 3.05) is 13.7 Å². The zero-order chi connectivity index (χ0) is 37.0. The van der Waals surface area contributed by atoms with Crippen LogP contribution in [0.3, 0.4) is 0 Å². The summed E-state index contributed by atoms with van der Waals surface area (Å²) in [4.78, 5) is 1.01. The average molecular weight is 743 g/mol. The van der Waals surface area contributed by atoms with Crippen LogP contribution in [0.25, 0.3) is 10.8 Å². The van der Waals surface area contributed by atoms with Crippen LogP contribution < -0.4 is 4.74 Å². The fourth-order valence-corrected chi connectivity index (χ4v) is 7.73. The van der Waals surface area contributed by atoms with Gasteiger partial charge in [0.2, 0.25) is 0 Å². The van der Waals surface area contributed by atoms with Crippen molar-refractivity contribution in [1.82, 2.24) is 0 Å². The first-order chi connectivity index (χ1) is 26.6. The Kier molecular flexibility index (Phi) is 13.4. The number of aliphatic hydroxyl groups is 1. The third kappa shape index (κ3) is 10.2. The Labute approximate surface area is 321 Å². The molecule has 7 rings (SSSR count). The number of methoxy groups -OCH3 is 1. The van der Waals surface area contributed by atoms with E-state index < -0.39 is 36.0 Å². The lowest BCUT2D eigenvalue weighted by atomic mass is 9.95. The zero-order valence-corrected chi connectivity index (χ0v) is 31.1. The zero-order valence-electron chi connectivity index (χ0n) is 30.3. The molecule has 1 fully saturated rings. The summed E-state index contributed by atoms with van der Waals surface area (Å²) < 4.78 is 39.0. The van der Waals surface area contributed by atoms with Crippen LogP contribution >= 0.6 is 11.8 Å². The van der Waals surface area contributed by atoms with E-state index in [1.54, 1.807) is 18.9 Å². The summed E-state index contributed by atoms with van der Waals surface area (Å²) in [6, 6.07) is 52.5. The Balaban J connectivity index is 1.22. The van der Waals surface area contributed by atoms with Crippen LogP contribution in [0.1, 0.15) is 22.3 Å². The Morgan fingerprint density at radius 2 is 1.09 bits per heavy atom. The van der Waals surface area contributed by atoms with Gasteiger partial charge in [0, 0.05) is 4.90 Å². The fourth-order valence-electron chi connectivity index (χ4n) is 6.60. The minimum absolute atomic E-state index is 0.0393. The second-order valence-electron chi connectivity index (χ2n) is 13.3. The Morgan fingerprint density at radius 3 is 1.78 bits per heavy atom. The smallest absolute Gasteiger partial charge is 0.137 e. The van der Waals surface area contributed by atoms with Crippen LogP contribution in [0.5, 0.6) is 5.75 Å². The Bertz CT molecular complexity index is 2000. The minimum Gasteiger partial charge on any atom is -0.497 e. The van der Waals surface area contributed by atoms with Gasteiger partial charge in [-0.3, -0.25) is 0 Å². The molecule has 0 amide bonds. The second-order valence-corrected chi connectivity index (χ2v) is 14.5. The van der Waals surface area contributed by atoms with Gasteiger partial charge in [0.25, 0.3) is 0 Å². The van der Waals surface area contributed by atoms with Crippen LogP contribution in [0, 0.1) is 0 Å². The SMILES string of the molecule is COc1ccc(CO[C@H]2[C@H](OCc3ccc4ccccc4c3)[C@H](OCc3ccccc3)[C@@H](Sc3ccccc3)O[C@@H]2[C@H](O)COCc2ccccc2)cc1. The van der Waals surface area contributed by atoms with E-state index in [0.717, 1.165) is 43.7 Å². The third-order valence-electron chi connectivity index (χ3n) is 9.45. The number of aliphatic hydroxyl groups excluding tert-OH is 1. The molecule has 278 valence electrons. The molecule has 6 aromatic rings. The molecule has 0 bridgehead atoms. The molecule has 1 heterocycles. The number of thioether (sulfide) groups is 1. The van der Waals surface area contributed by atoms with Gasteiger partial charge in [-0.25, -0.2) is 0 Å². The summed E-state index contributed by atoms with van der Waals surface area (Å²) in [7, 11) is 1.65. The van der Waals surface area contributed by atoms with E-state index in [0.29, 0.717) is 19.8 Å². The molecule has 8 heteroatoms. The summed E-state index contributed by atoms with van der Waals surface area (Å²) in [5.74, 6) is 0.760. The minimum atomic E-state index is -1.03. The molecule has 7 nitrogen and oxygen atoms in total. The van der Waals surface area contributed by atoms with Gasteiger partial charge in [-0.2, -0.15) is 0 Å². The molecule has 0 saturated carbocycles. The molecule has 1 aliphatic heterocycles. The summed E-state index contributed by atoms with van der Waals surface area (Å²) >= 11 is 1.55. The number of ether oxygens (including phenoxy) is 6. The van der Waals surface area contributed by atoms with E-state index in [1.165, 1.54) is 0 Å². The second kappa shape index (κ2) is 19.2. The van der Waals surface area contributed by atoms with Gasteiger partial charge in [0.15, 0.2) is 0 Å². The predicted molar refractivity (Wildman–Crippen MR) is 212 cm³/mol. The number of rotatable bonds is 17. The lowest BCUT2D eigenvalue weighted by Crippen LogP contribution is -2.62. The van der Waals surface area contributed by atoms with E-state index in [-0.39, 0.29) is 13.2 Å². The quantitative estimate of drug-likeness (QED) is 0.0993. The molecule has 6 aromatic carbocycles. The molecule has 0 aromatic heterocycles. The van der Waals surface area contributed by atoms with E-state index in [2.05, 4.69) is 30.3 Å². The molecule has 1 aliphatic rings. The fraction of sp³-hybridized carbons (Fsp3) is 0.261. The van der Waals surface area contributed by atoms with Crippen molar-refractivity contribution >= 4 is 22.5 Å². The molecule has 54 heavy (non-hydrogen) atoms. The largest absolute Gasteiger partial charge is 0.497 e. The van der Waals surface area contributed by atoms with E-state index >= 15 is 0 Å². The summed E-state index contributed by atoms with van der Waals surface area (Å²) in [5.41, 5.74) is 3.46. The molecule has 1 N–H and O–H groups in total. The van der Waals surface area contributed by atoms with Gasteiger partial charge in [-0.05, 0) is 63.4 Å². The summed E-state index contributed by atoms with van der Waals surface area (Å²) in [5, 5.41) is 14.2. The highest BCUT2D eigenvalue weighted by molar-refractivity contribution is 7.99. The van der Waals surface area contributed by atoms with Gasteiger partial charge in [-0.1, -0.05) is 139 Å². The summed E-state index contributed by atoms with van der Waals surface area (Å²) in [6.07, 6.45) is -3.78. The van der Waals surface area contributed by atoms with Crippen LogP contribution in [-0.4, -0.2) is 54.8 Å². The molecule has 1 saturated heterocycles. The summed E-state index contributed by atoms with van der Waals surface area (Å²) in [6.45, 7) is 1.30. The van der Waals surface area contributed by atoms with Crippen molar-refractivity contribution in [3.63, 3.8) is 0 Å². The highest BCUT2D eigenvalue weighted by Gasteiger charge is 2.51. The number of hydrogen-bond donors (Lipinski definition) is 1. The van der Waals surface area contributed by atoms with Crippen molar-refractivity contribution in [1.29, 1.82) is 0 Å². The highest BCUT2D eigenvalue weighted by atomic mass is 32.2. The van der Waals surface area contributed by atoms with Crippen molar-refractivity contribution in [3.8, 4) is 5.75 Å². The maximum atomic E-state index is 11.9. The normalized spacial score (nSPS) is 20.4. The van der Waals surface area contributed by atoms with Gasteiger partial charge < -0.3 is 33.5 Å². The lowest BCUT2D eigenvalue weighted by molar-refractivity contribution is -0.265. The standard InChI is InChI=1S/C46H46O7S/c1-48-39-25-22-35(23-26-39)30-50-43-42(41(47)32-49-28-33-13-5-2-6-14-33)53-46(54-40-19-9-4-10-20-40)45(52-29-34-15-7-3-8-16-34)44(43)51-31-36-21-24-37-17-11-12-18-38(37)27-36/h2-27,41-47H,28-32H2,1H3/t41-,42-,43-,44+,45+,46-/m1/s1. The van der Waals surface area contributed by atoms with Crippen LogP contribution in [0.4, 0.5) is 0 Å². The first-order valence-corrected chi connectivity index (χ1v) is 19.2. The Morgan fingerprint density at radius 1 is 0.556 bits per heavy atom. The lowest BCUT2D eigenvalue weighted by Gasteiger charge is -2.47. The van der Waals surface area contributed by atoms with Crippen molar-refractivity contribution < 1.29 is 33.5 Å². The average Bonchev–Trinajstić information content (AvgIpc) is 3.23. The third-order valence-corrected chi connectivity index (χ3v) is 10.6. The highest BCUT2D eigenvalue weighted by Crippen LogP contribution is 2.39. The van der Waals surface area contributed by atoms with Gasteiger partial charge in [0.1, 0.15) is 41.7 Å². The van der Waals surface area contributed by atoms with Crippen molar-refractivity contribution in [2.45, 2.75) is 67.3 Å². The van der Waals surface area contributed by atoms with Gasteiger partial charge in [-0.15, -0.1) is 0 Å². The van der Waals surface area contributed by atoms with E-state index in [1.807, 2.05) is 127 Å². The van der Waals surface area contributed by atoms with Gasteiger partial charge >= 0.3 is 0 Å². The van der Waals surface area contributed by atoms with Gasteiger partial charge in [0.05, 0.1) is 40.1 Å². The first-order valence-electron chi connectivity index (χ1n) is 18.3. The maximum Gasteiger partial charge on any atom is 0.137 e. The molecule has 0 spiro atoms. The Hall–Kier alpha value is -4.51. The predicted octanol–water partition coefficient (Wildman–Crippen LogP) is 9.00. The number of benzene rings is 6. The number of hydrogen-bond acceptors (Lipinski definition) is 8. The van der Waals surface area contributed by atoms with E-state index in [4.69, 9.17) is 28.4 Å². The molecule has 6 atom stereocenters. The number of fused-ring (bicyclic) bond motifs is 1. The molecular formula is C46H46O7S. The topological polar surface area (TPSA) is 75.6 Å². The van der Waals surface area contributed by atoms with Crippen LogP contribution in [0.2, 0.25) is 0 Å². The molecule has 0 unspecified atom stereocenters. The first kappa shape index (κ1) is 37.8. The van der Waals surface area contributed by atoms with Crippen molar-refractivity contribution in [3.05, 3.63) is 180 Å². The molecular weight excluding hydrogens is 697 g/mol. The van der Waals surface area contributed by atoms with Crippen molar-refractivity contribution in [2.24, 2.45) is 0 Å². The van der Waals surface area contributed by atoms with E-state index in [9.17, 15) is 5.11 Å². The van der Waals surface area contributed by atoms with Crippen LogP contribution in [-0.2, 0) is 50.1 Å². The maximum absolute atomic E-state index is 11.9. The monoisotopic (exact) mass is 742 g/mol. The van der Waals surface area contributed by atoms with Crippen LogP contribution in [0.15, 0.2) is 163 Å². The molecule has 0 aliphatic carbocycles. The molecule has 0 radical (unpaired) electrons.